The number of carboxylic acid groups (broad SMARTS) is 1. The van der Waals surface area contributed by atoms with Gasteiger partial charge in [-0.3, -0.25) is 14.6 Å². The molecule has 0 unspecified atom stereocenters. The average Bonchev–Trinajstić information content (AvgIpc) is 3.17. The van der Waals surface area contributed by atoms with Gasteiger partial charge in [0.15, 0.2) is 0 Å². The first-order chi connectivity index (χ1) is 19.6. The van der Waals surface area contributed by atoms with Crippen LogP contribution in [0, 0.1) is 23.7 Å². The fourth-order valence-electron chi connectivity index (χ4n) is 6.46. The summed E-state index contributed by atoms with van der Waals surface area (Å²) in [7, 11) is 0. The lowest BCUT2D eigenvalue weighted by atomic mass is 9.66. The van der Waals surface area contributed by atoms with Gasteiger partial charge in [0.1, 0.15) is 6.10 Å². The van der Waals surface area contributed by atoms with Gasteiger partial charge in [-0.1, -0.05) is 45.4 Å². The molecule has 0 aromatic heterocycles. The maximum atomic E-state index is 12.4. The molecule has 8 atom stereocenters. The van der Waals surface area contributed by atoms with Crippen LogP contribution in [0.15, 0.2) is 28.8 Å². The Balaban J connectivity index is 0.000000346. The second-order valence-corrected chi connectivity index (χ2v) is 12.3. The third-order valence-corrected chi connectivity index (χ3v) is 9.02. The summed E-state index contributed by atoms with van der Waals surface area (Å²) in [6, 6.07) is 0. The number of nitrogens with zero attached hydrogens (tertiary/aromatic N) is 2. The predicted molar refractivity (Wildman–Crippen MR) is 158 cm³/mol. The van der Waals surface area contributed by atoms with Crippen molar-refractivity contribution in [1.82, 2.24) is 4.90 Å². The van der Waals surface area contributed by atoms with Crippen LogP contribution in [-0.4, -0.2) is 87.2 Å². The highest BCUT2D eigenvalue weighted by Gasteiger charge is 2.42. The van der Waals surface area contributed by atoms with Crippen LogP contribution in [0.4, 0.5) is 0 Å². The molecule has 0 bridgehead atoms. The summed E-state index contributed by atoms with van der Waals surface area (Å²) in [5.74, 6) is 0.0874. The Bertz CT molecular complexity index is 948. The van der Waals surface area contributed by atoms with Crippen molar-refractivity contribution in [3.05, 3.63) is 23.8 Å². The van der Waals surface area contributed by atoms with Crippen molar-refractivity contribution >= 4 is 17.8 Å². The molecule has 0 spiro atoms. The fraction of sp³-hybridized carbons (Fsp3) is 0.781. The lowest BCUT2D eigenvalue weighted by molar-refractivity contribution is -0.159. The molecule has 1 fully saturated rings. The van der Waals surface area contributed by atoms with Crippen LogP contribution in [0.25, 0.3) is 0 Å². The van der Waals surface area contributed by atoms with Crippen molar-refractivity contribution in [2.75, 3.05) is 19.6 Å². The second kappa shape index (κ2) is 16.4. The van der Waals surface area contributed by atoms with E-state index in [1.165, 1.54) is 51.0 Å². The van der Waals surface area contributed by atoms with Crippen molar-refractivity contribution in [3.63, 3.8) is 0 Å². The number of amidine groups is 1. The van der Waals surface area contributed by atoms with Crippen LogP contribution in [0.1, 0.15) is 91.4 Å². The molecule has 41 heavy (non-hydrogen) atoms. The minimum atomic E-state index is -1.10. The number of aliphatic carboxylic acids is 1. The van der Waals surface area contributed by atoms with Gasteiger partial charge in [0.25, 0.3) is 0 Å². The van der Waals surface area contributed by atoms with Gasteiger partial charge in [-0.25, -0.2) is 0 Å². The molecule has 0 radical (unpaired) electrons. The number of fused-ring (bicyclic) bond motifs is 2. The summed E-state index contributed by atoms with van der Waals surface area (Å²) < 4.78 is 5.84. The number of hydrogen-bond donors (Lipinski definition) is 4. The first-order valence-corrected chi connectivity index (χ1v) is 15.7. The Hall–Kier alpha value is -2.23. The molecular formula is C32H52N2O7. The first-order valence-electron chi connectivity index (χ1n) is 15.7. The van der Waals surface area contributed by atoms with Gasteiger partial charge in [-0.15, -0.1) is 0 Å². The van der Waals surface area contributed by atoms with E-state index in [1.807, 2.05) is 26.0 Å². The first kappa shape index (κ1) is 33.3. The molecule has 232 valence electrons. The molecule has 0 amide bonds. The zero-order valence-corrected chi connectivity index (χ0v) is 25.2. The van der Waals surface area contributed by atoms with E-state index < -0.39 is 30.4 Å². The van der Waals surface area contributed by atoms with Crippen molar-refractivity contribution in [2.45, 2.75) is 116 Å². The molecule has 9 heteroatoms. The molecule has 0 aromatic rings. The summed E-state index contributed by atoms with van der Waals surface area (Å²) >= 11 is 0. The SMILES string of the molecule is C1CCC2=NCCCN2CC1.CC[C@H](C)C(=O)O[C@H]1C[C@H](O)C=C2C=C[C@H](C)[C@H](CC[C@@H](O)C[C@@H](O)CC(=O)O)[C@H]21. The van der Waals surface area contributed by atoms with Crippen LogP contribution in [0.3, 0.4) is 0 Å². The van der Waals surface area contributed by atoms with Crippen LogP contribution >= 0.6 is 0 Å². The van der Waals surface area contributed by atoms with E-state index >= 15 is 0 Å². The molecule has 4 aliphatic rings. The van der Waals surface area contributed by atoms with Crippen molar-refractivity contribution in [1.29, 1.82) is 0 Å². The molecule has 0 saturated carbocycles. The maximum absolute atomic E-state index is 12.4. The van der Waals surface area contributed by atoms with Gasteiger partial charge in [-0.2, -0.15) is 0 Å². The number of carboxylic acids is 1. The Labute approximate surface area is 245 Å². The van der Waals surface area contributed by atoms with E-state index in [9.17, 15) is 24.9 Å². The van der Waals surface area contributed by atoms with E-state index in [-0.39, 0.29) is 42.5 Å². The van der Waals surface area contributed by atoms with E-state index in [0.29, 0.717) is 25.7 Å². The van der Waals surface area contributed by atoms with Gasteiger partial charge >= 0.3 is 11.9 Å². The van der Waals surface area contributed by atoms with Gasteiger partial charge in [0, 0.05) is 38.4 Å². The Kier molecular flexibility index (Phi) is 13.3. The molecule has 2 aliphatic heterocycles. The standard InChI is InChI=1S/C23H36O7.C9H16N2/c1-4-13(2)23(29)30-20-11-17(25)9-15-6-5-14(3)19(22(15)20)8-7-16(24)10-18(26)12-21(27)28;1-2-5-9-10-6-4-8-11(9)7-3-1/h5-6,9,13-14,16-20,22,24-26H,4,7-8,10-12H2,1-3H3,(H,27,28);1-8H2/t13-,14-,16+,17+,18+,19-,20-,22-;/m0./s1. The highest BCUT2D eigenvalue weighted by atomic mass is 16.5. The van der Waals surface area contributed by atoms with Crippen molar-refractivity contribution < 1.29 is 34.8 Å². The van der Waals surface area contributed by atoms with Crippen LogP contribution in [0.5, 0.6) is 0 Å². The summed E-state index contributed by atoms with van der Waals surface area (Å²) in [5, 5.41) is 39.1. The smallest absolute Gasteiger partial charge is 0.308 e. The number of esters is 1. The lowest BCUT2D eigenvalue weighted by Gasteiger charge is -2.43. The molecule has 4 N–H and O–H groups in total. The third kappa shape index (κ3) is 10.2. The van der Waals surface area contributed by atoms with E-state index in [0.717, 1.165) is 12.1 Å². The van der Waals surface area contributed by atoms with Gasteiger partial charge in [0.2, 0.25) is 0 Å². The largest absolute Gasteiger partial charge is 0.481 e. The zero-order valence-electron chi connectivity index (χ0n) is 25.2. The van der Waals surface area contributed by atoms with Gasteiger partial charge < -0.3 is 30.1 Å². The number of ether oxygens (including phenoxy) is 1. The number of allylic oxidation sites excluding steroid dienone is 2. The topological polar surface area (TPSA) is 140 Å². The van der Waals surface area contributed by atoms with Crippen molar-refractivity contribution in [3.8, 4) is 0 Å². The normalized spacial score (nSPS) is 29.7. The van der Waals surface area contributed by atoms with Gasteiger partial charge in [0.05, 0.1) is 36.5 Å². The monoisotopic (exact) mass is 576 g/mol. The third-order valence-electron chi connectivity index (χ3n) is 9.02. The molecule has 9 nitrogen and oxygen atoms in total. The Morgan fingerprint density at radius 3 is 2.63 bits per heavy atom. The Morgan fingerprint density at radius 2 is 1.90 bits per heavy atom. The zero-order chi connectivity index (χ0) is 29.9. The number of aliphatic hydroxyl groups excluding tert-OH is 3. The molecule has 1 saturated heterocycles. The molecular weight excluding hydrogens is 524 g/mol. The van der Waals surface area contributed by atoms with Gasteiger partial charge in [-0.05, 0) is 62.4 Å². The second-order valence-electron chi connectivity index (χ2n) is 12.3. The minimum Gasteiger partial charge on any atom is -0.481 e. The highest BCUT2D eigenvalue weighted by Crippen LogP contribution is 2.44. The molecule has 4 rings (SSSR count). The Morgan fingerprint density at radius 1 is 1.15 bits per heavy atom. The molecule has 2 heterocycles. The highest BCUT2D eigenvalue weighted by molar-refractivity contribution is 5.83. The summed E-state index contributed by atoms with van der Waals surface area (Å²) in [4.78, 5) is 30.2. The van der Waals surface area contributed by atoms with E-state index in [1.54, 1.807) is 0 Å². The maximum Gasteiger partial charge on any atom is 0.308 e. The van der Waals surface area contributed by atoms with Crippen molar-refractivity contribution in [2.24, 2.45) is 28.7 Å². The number of carbonyl (C=O) groups excluding carboxylic acids is 1. The number of aliphatic hydroxyl groups is 3. The summed E-state index contributed by atoms with van der Waals surface area (Å²) in [6.45, 7) is 9.45. The van der Waals surface area contributed by atoms with E-state index in [2.05, 4.69) is 22.9 Å². The summed E-state index contributed by atoms with van der Waals surface area (Å²) in [5.41, 5.74) is 0.958. The summed E-state index contributed by atoms with van der Waals surface area (Å²) in [6.07, 6.45) is 11.3. The molecule has 2 aliphatic carbocycles. The minimum absolute atomic E-state index is 0.0156. The fourth-order valence-corrected chi connectivity index (χ4v) is 6.46. The van der Waals surface area contributed by atoms with Crippen LogP contribution < -0.4 is 0 Å². The predicted octanol–water partition coefficient (Wildman–Crippen LogP) is 4.11. The number of carbonyl (C=O) groups is 2. The quantitative estimate of drug-likeness (QED) is 0.285. The lowest BCUT2D eigenvalue weighted by Crippen LogP contribution is -2.43. The number of rotatable bonds is 10. The van der Waals surface area contributed by atoms with Crippen LogP contribution in [-0.2, 0) is 14.3 Å². The average molecular weight is 577 g/mol. The van der Waals surface area contributed by atoms with Crippen LogP contribution in [0.2, 0.25) is 0 Å². The molecule has 0 aromatic carbocycles. The number of aliphatic imine (C=N–C) groups is 1. The van der Waals surface area contributed by atoms with E-state index in [4.69, 9.17) is 9.84 Å². The number of hydrogen-bond acceptors (Lipinski definition) is 8.